The van der Waals surface area contributed by atoms with Crippen molar-refractivity contribution in [3.8, 4) is 0 Å². The third-order valence-corrected chi connectivity index (χ3v) is 4.68. The van der Waals surface area contributed by atoms with Crippen molar-refractivity contribution < 1.29 is 34.3 Å². The third kappa shape index (κ3) is 3.78. The molecule has 2 unspecified atom stereocenters. The van der Waals surface area contributed by atoms with Crippen LogP contribution in [-0.2, 0) is 25.7 Å². The van der Waals surface area contributed by atoms with E-state index < -0.39 is 33.7 Å². The molecule has 0 spiro atoms. The van der Waals surface area contributed by atoms with Gasteiger partial charge >= 0.3 is 17.9 Å². The van der Waals surface area contributed by atoms with Gasteiger partial charge in [0.25, 0.3) is 10.6 Å². The molecule has 2 N–H and O–H groups in total. The van der Waals surface area contributed by atoms with Gasteiger partial charge in [-0.2, -0.15) is 0 Å². The molecule has 140 valence electrons. The number of nitro groups is 1. The fourth-order valence-electron chi connectivity index (χ4n) is 2.70. The smallest absolute Gasteiger partial charge is 0.349 e. The van der Waals surface area contributed by atoms with E-state index in [1.807, 2.05) is 0 Å². The lowest BCUT2D eigenvalue weighted by Gasteiger charge is -2.34. The molecule has 0 amide bonds. The van der Waals surface area contributed by atoms with Gasteiger partial charge in [-0.15, -0.1) is 12.6 Å². The van der Waals surface area contributed by atoms with Crippen molar-refractivity contribution in [1.82, 2.24) is 4.90 Å². The second kappa shape index (κ2) is 7.70. The first-order valence-corrected chi connectivity index (χ1v) is 7.98. The Morgan fingerprint density at radius 2 is 1.92 bits per heavy atom. The summed E-state index contributed by atoms with van der Waals surface area (Å²) in [5.74, 6) is -4.10. The quantitative estimate of drug-likeness (QED) is 0.205. The Hall–Kier alpha value is -2.66. The van der Waals surface area contributed by atoms with Gasteiger partial charge in [-0.3, -0.25) is 19.8 Å². The molecule has 0 saturated carbocycles. The van der Waals surface area contributed by atoms with Crippen LogP contribution in [0.15, 0.2) is 24.3 Å². The number of hydrogen-bond acceptors (Lipinski definition) is 8. The largest absolute Gasteiger partial charge is 0.480 e. The summed E-state index contributed by atoms with van der Waals surface area (Å²) in [6.45, 7) is -0.266. The molecule has 1 aliphatic heterocycles. The summed E-state index contributed by atoms with van der Waals surface area (Å²) in [5.41, 5.74) is 0.261. The molecule has 0 aliphatic carbocycles. The highest BCUT2D eigenvalue weighted by molar-refractivity contribution is 7.83. The normalized spacial score (nSPS) is 19.5. The highest BCUT2D eigenvalue weighted by Gasteiger charge is 2.55. The maximum atomic E-state index is 12.4. The van der Waals surface area contributed by atoms with Gasteiger partial charge in [-0.25, -0.2) is 9.59 Å². The topological polar surface area (TPSA) is 147 Å². The molecule has 1 aliphatic rings. The van der Waals surface area contributed by atoms with Gasteiger partial charge in [-0.05, 0) is 30.5 Å². The number of aliphatic carboxylic acids is 2. The van der Waals surface area contributed by atoms with Crippen molar-refractivity contribution in [3.05, 3.63) is 39.9 Å². The lowest BCUT2D eigenvalue weighted by atomic mass is 10.1. The van der Waals surface area contributed by atoms with Gasteiger partial charge in [0.15, 0.2) is 0 Å². The highest BCUT2D eigenvalue weighted by atomic mass is 32.1. The third-order valence-electron chi connectivity index (χ3n) is 4.05. The number of thiol groups is 1. The zero-order valence-corrected chi connectivity index (χ0v) is 14.3. The van der Waals surface area contributed by atoms with E-state index in [2.05, 4.69) is 12.6 Å². The van der Waals surface area contributed by atoms with Gasteiger partial charge in [0, 0.05) is 18.7 Å². The maximum absolute atomic E-state index is 12.4. The molecule has 1 fully saturated rings. The number of ether oxygens (including phenoxy) is 1. The van der Waals surface area contributed by atoms with Crippen LogP contribution in [0, 0.1) is 10.1 Å². The molecular weight excluding hydrogens is 368 g/mol. The van der Waals surface area contributed by atoms with E-state index in [9.17, 15) is 34.7 Å². The first kappa shape index (κ1) is 19.7. The van der Waals surface area contributed by atoms with Crippen LogP contribution in [0.2, 0.25) is 0 Å². The number of carboxylic acid groups (broad SMARTS) is 2. The number of benzene rings is 1. The molecule has 11 heteroatoms. The van der Waals surface area contributed by atoms with Gasteiger partial charge < -0.3 is 14.9 Å². The summed E-state index contributed by atoms with van der Waals surface area (Å²) in [5, 5.41) is 29.3. The fourth-order valence-corrected chi connectivity index (χ4v) is 3.01. The number of carboxylic acids is 2. The van der Waals surface area contributed by atoms with Crippen LogP contribution in [0.1, 0.15) is 18.4 Å². The second-order valence-corrected chi connectivity index (χ2v) is 6.31. The van der Waals surface area contributed by atoms with Crippen molar-refractivity contribution in [2.75, 3.05) is 6.54 Å². The summed E-state index contributed by atoms with van der Waals surface area (Å²) in [4.78, 5) is 43.9. The molecule has 2 rings (SSSR count). The number of carbonyl (C=O) groups excluding carboxylic acids is 1. The number of likely N-dealkylation sites (tertiary alicyclic amines) is 1. The predicted molar refractivity (Wildman–Crippen MR) is 89.6 cm³/mol. The first-order valence-electron chi connectivity index (χ1n) is 7.53. The summed E-state index contributed by atoms with van der Waals surface area (Å²) in [7, 11) is 0. The fraction of sp³-hybridized carbons (Fsp3) is 0.400. The first-order chi connectivity index (χ1) is 12.2. The molecule has 0 aromatic heterocycles. The van der Waals surface area contributed by atoms with Crippen LogP contribution in [-0.4, -0.2) is 55.4 Å². The van der Waals surface area contributed by atoms with Gasteiger partial charge in [0.2, 0.25) is 0 Å². The van der Waals surface area contributed by atoms with E-state index in [-0.39, 0.29) is 25.3 Å². The van der Waals surface area contributed by atoms with E-state index in [0.717, 1.165) is 4.90 Å². The predicted octanol–water partition coefficient (Wildman–Crippen LogP) is 0.898. The molecule has 26 heavy (non-hydrogen) atoms. The lowest BCUT2D eigenvalue weighted by Crippen LogP contribution is -2.59. The van der Waals surface area contributed by atoms with E-state index in [0.29, 0.717) is 12.0 Å². The molecule has 10 nitrogen and oxygen atoms in total. The summed E-state index contributed by atoms with van der Waals surface area (Å²) in [6, 6.07) is 4.00. The van der Waals surface area contributed by atoms with Crippen molar-refractivity contribution in [1.29, 1.82) is 0 Å². The number of hydrogen-bond donors (Lipinski definition) is 3. The number of nitro benzene ring substituents is 1. The number of nitrogens with zero attached hydrogens (tertiary/aromatic N) is 2. The Morgan fingerprint density at radius 3 is 2.42 bits per heavy atom. The summed E-state index contributed by atoms with van der Waals surface area (Å²) >= 11 is 3.95. The molecule has 0 radical (unpaired) electrons. The molecule has 1 aromatic carbocycles. The number of esters is 1. The zero-order valence-electron chi connectivity index (χ0n) is 13.4. The minimum atomic E-state index is -2.44. The number of non-ortho nitro benzene ring substituents is 1. The lowest BCUT2D eigenvalue weighted by molar-refractivity contribution is -0.384. The van der Waals surface area contributed by atoms with E-state index in [1.165, 1.54) is 24.3 Å². The maximum Gasteiger partial charge on any atom is 0.349 e. The molecule has 1 heterocycles. The monoisotopic (exact) mass is 384 g/mol. The van der Waals surface area contributed by atoms with Crippen molar-refractivity contribution in [3.63, 3.8) is 0 Å². The average Bonchev–Trinajstić information content (AvgIpc) is 3.09. The SMILES string of the molecule is O=C(O)C1CCCN1C(S)(C(=O)O)C(=O)OCc1ccc([N+](=O)[O-])cc1. The average molecular weight is 384 g/mol. The Morgan fingerprint density at radius 1 is 1.31 bits per heavy atom. The Bertz CT molecular complexity index is 738. The van der Waals surface area contributed by atoms with Crippen molar-refractivity contribution in [2.24, 2.45) is 0 Å². The second-order valence-electron chi connectivity index (χ2n) is 5.67. The zero-order chi connectivity index (χ0) is 19.5. The van der Waals surface area contributed by atoms with Crippen LogP contribution in [0.4, 0.5) is 5.69 Å². The number of rotatable bonds is 7. The molecule has 0 bridgehead atoms. The summed E-state index contributed by atoms with van der Waals surface area (Å²) in [6.07, 6.45) is 0.600. The minimum Gasteiger partial charge on any atom is -0.480 e. The highest BCUT2D eigenvalue weighted by Crippen LogP contribution is 2.32. The molecule has 1 aromatic rings. The standard InChI is InChI=1S/C15H16N2O8S/c18-12(19)11-2-1-7-16(11)15(26,13(20)21)14(22)25-8-9-3-5-10(6-4-9)17(23)24/h3-6,11,26H,1-2,7-8H2,(H,18,19)(H,20,21). The minimum absolute atomic E-state index is 0.0688. The van der Waals surface area contributed by atoms with Crippen LogP contribution in [0.3, 0.4) is 0 Å². The Labute approximate surface area is 152 Å². The van der Waals surface area contributed by atoms with E-state index in [1.54, 1.807) is 0 Å². The molecule has 2 atom stereocenters. The molecular formula is C15H16N2O8S. The van der Waals surface area contributed by atoms with Crippen LogP contribution < -0.4 is 0 Å². The van der Waals surface area contributed by atoms with Crippen LogP contribution >= 0.6 is 12.6 Å². The van der Waals surface area contributed by atoms with Crippen molar-refractivity contribution in [2.45, 2.75) is 30.4 Å². The van der Waals surface area contributed by atoms with Crippen molar-refractivity contribution >= 4 is 36.2 Å². The Kier molecular flexibility index (Phi) is 5.83. The van der Waals surface area contributed by atoms with E-state index in [4.69, 9.17) is 4.74 Å². The van der Waals surface area contributed by atoms with E-state index >= 15 is 0 Å². The molecule has 1 saturated heterocycles. The Balaban J connectivity index is 2.14. The van der Waals surface area contributed by atoms with Crippen LogP contribution in [0.5, 0.6) is 0 Å². The van der Waals surface area contributed by atoms with Crippen LogP contribution in [0.25, 0.3) is 0 Å². The van der Waals surface area contributed by atoms with Gasteiger partial charge in [-0.1, -0.05) is 0 Å². The van der Waals surface area contributed by atoms with Gasteiger partial charge in [0.05, 0.1) is 4.92 Å². The number of carbonyl (C=O) groups is 3. The summed E-state index contributed by atoms with van der Waals surface area (Å²) < 4.78 is 4.99. The van der Waals surface area contributed by atoms with Gasteiger partial charge in [0.1, 0.15) is 12.6 Å².